The fourth-order valence-corrected chi connectivity index (χ4v) is 2.45. The van der Waals surface area contributed by atoms with Gasteiger partial charge in [0.25, 0.3) is 5.69 Å². The maximum atomic E-state index is 12.4. The molecule has 1 aliphatic heterocycles. The Morgan fingerprint density at radius 3 is 2.85 bits per heavy atom. The molecule has 1 fully saturated rings. The van der Waals surface area contributed by atoms with E-state index in [1.54, 1.807) is 0 Å². The van der Waals surface area contributed by atoms with Gasteiger partial charge in [-0.15, -0.1) is 0 Å². The van der Waals surface area contributed by atoms with Gasteiger partial charge in [0.05, 0.1) is 29.8 Å². The third kappa shape index (κ3) is 5.38. The van der Waals surface area contributed by atoms with Crippen LogP contribution in [-0.4, -0.2) is 43.8 Å². The summed E-state index contributed by atoms with van der Waals surface area (Å²) in [4.78, 5) is 22.3. The second kappa shape index (κ2) is 9.09. The minimum absolute atomic E-state index is 0.0146. The molecule has 0 spiro atoms. The van der Waals surface area contributed by atoms with Crippen LogP contribution in [0.5, 0.6) is 11.5 Å². The average Bonchev–Trinajstić information content (AvgIpc) is 3.11. The van der Waals surface area contributed by atoms with Gasteiger partial charge in [-0.25, -0.2) is 0 Å². The van der Waals surface area contributed by atoms with E-state index in [1.165, 1.54) is 13.2 Å². The Labute approximate surface area is 147 Å². The number of carbonyl (C=O) groups is 1. The highest BCUT2D eigenvalue weighted by atomic mass is 19.3. The van der Waals surface area contributed by atoms with Crippen LogP contribution in [0.25, 0.3) is 6.08 Å². The molecule has 0 aromatic heterocycles. The molecule has 1 unspecified atom stereocenters. The molecule has 8 nitrogen and oxygen atoms in total. The fraction of sp³-hybridized carbons (Fsp3) is 0.438. The Bertz CT molecular complexity index is 690. The SMILES string of the molecule is COc1cc(/C=C/C(=O)NCC2CCCO2)c([N+](=O)[O-])cc1OC(F)F. The van der Waals surface area contributed by atoms with Crippen molar-refractivity contribution in [3.8, 4) is 11.5 Å². The van der Waals surface area contributed by atoms with E-state index in [0.29, 0.717) is 13.2 Å². The molecule has 10 heteroatoms. The number of nitrogens with one attached hydrogen (secondary N) is 1. The van der Waals surface area contributed by atoms with E-state index in [2.05, 4.69) is 10.1 Å². The number of carbonyl (C=O) groups excluding carboxylic acids is 1. The fourth-order valence-electron chi connectivity index (χ4n) is 2.45. The molecule has 1 aliphatic rings. The van der Waals surface area contributed by atoms with Crippen LogP contribution in [0.15, 0.2) is 18.2 Å². The monoisotopic (exact) mass is 372 g/mol. The van der Waals surface area contributed by atoms with Crippen LogP contribution in [0.3, 0.4) is 0 Å². The van der Waals surface area contributed by atoms with Gasteiger partial charge in [0.2, 0.25) is 5.91 Å². The zero-order chi connectivity index (χ0) is 19.1. The molecule has 1 heterocycles. The smallest absolute Gasteiger partial charge is 0.387 e. The first kappa shape index (κ1) is 19.6. The number of ether oxygens (including phenoxy) is 3. The topological polar surface area (TPSA) is 99.9 Å². The molecule has 1 saturated heterocycles. The van der Waals surface area contributed by atoms with E-state index in [0.717, 1.165) is 31.1 Å². The molecule has 1 aromatic carbocycles. The summed E-state index contributed by atoms with van der Waals surface area (Å²) in [5, 5.41) is 13.8. The van der Waals surface area contributed by atoms with Crippen molar-refractivity contribution in [2.24, 2.45) is 0 Å². The molecule has 0 radical (unpaired) electrons. The van der Waals surface area contributed by atoms with E-state index < -0.39 is 28.9 Å². The lowest BCUT2D eigenvalue weighted by molar-refractivity contribution is -0.385. The first-order valence-corrected chi connectivity index (χ1v) is 7.79. The molecule has 1 atom stereocenters. The number of methoxy groups -OCH3 is 1. The Hall–Kier alpha value is -2.75. The Morgan fingerprint density at radius 1 is 1.50 bits per heavy atom. The highest BCUT2D eigenvalue weighted by Gasteiger charge is 2.21. The number of alkyl halides is 2. The largest absolute Gasteiger partial charge is 0.493 e. The van der Waals surface area contributed by atoms with Crippen molar-refractivity contribution in [1.82, 2.24) is 5.32 Å². The van der Waals surface area contributed by atoms with Crippen LogP contribution in [0.4, 0.5) is 14.5 Å². The number of halogens is 2. The lowest BCUT2D eigenvalue weighted by Gasteiger charge is -2.11. The standard InChI is InChI=1S/C16H18F2N2O6/c1-24-13-7-10(12(20(22)23)8-14(13)26-16(17)18)4-5-15(21)19-9-11-3-2-6-25-11/h4-5,7-8,11,16H,2-3,6,9H2,1H3,(H,19,21)/b5-4+. The quantitative estimate of drug-likeness (QED) is 0.428. The molecule has 142 valence electrons. The lowest BCUT2D eigenvalue weighted by Crippen LogP contribution is -2.30. The van der Waals surface area contributed by atoms with Crippen LogP contribution in [0.1, 0.15) is 18.4 Å². The Kier molecular flexibility index (Phi) is 6.84. The minimum atomic E-state index is -3.16. The van der Waals surface area contributed by atoms with E-state index in [9.17, 15) is 23.7 Å². The maximum absolute atomic E-state index is 12.4. The number of amides is 1. The number of hydrogen-bond acceptors (Lipinski definition) is 6. The van der Waals surface area contributed by atoms with Crippen molar-refractivity contribution in [1.29, 1.82) is 0 Å². The first-order valence-electron chi connectivity index (χ1n) is 7.79. The van der Waals surface area contributed by atoms with Crippen molar-refractivity contribution in [3.63, 3.8) is 0 Å². The van der Waals surface area contributed by atoms with Crippen LogP contribution in [0.2, 0.25) is 0 Å². The Morgan fingerprint density at radius 2 is 2.27 bits per heavy atom. The third-order valence-electron chi connectivity index (χ3n) is 3.67. The molecule has 1 aromatic rings. The van der Waals surface area contributed by atoms with E-state index in [4.69, 9.17) is 9.47 Å². The van der Waals surface area contributed by atoms with Gasteiger partial charge in [-0.1, -0.05) is 0 Å². The van der Waals surface area contributed by atoms with E-state index in [-0.39, 0.29) is 17.4 Å². The van der Waals surface area contributed by atoms with Crippen molar-refractivity contribution in [2.45, 2.75) is 25.6 Å². The molecule has 1 N–H and O–H groups in total. The second-order valence-corrected chi connectivity index (χ2v) is 5.41. The molecule has 0 saturated carbocycles. The summed E-state index contributed by atoms with van der Waals surface area (Å²) in [6.07, 6.45) is 4.09. The maximum Gasteiger partial charge on any atom is 0.387 e. The highest BCUT2D eigenvalue weighted by Crippen LogP contribution is 2.36. The van der Waals surface area contributed by atoms with Gasteiger partial charge in [0.15, 0.2) is 11.5 Å². The Balaban J connectivity index is 2.15. The predicted molar refractivity (Wildman–Crippen MR) is 87.3 cm³/mol. The van der Waals surface area contributed by atoms with Crippen molar-refractivity contribution in [2.75, 3.05) is 20.3 Å². The number of nitrogens with zero attached hydrogens (tertiary/aromatic N) is 1. The molecule has 0 aliphatic carbocycles. The third-order valence-corrected chi connectivity index (χ3v) is 3.67. The number of hydrogen-bond donors (Lipinski definition) is 1. The summed E-state index contributed by atoms with van der Waals surface area (Å²) in [6, 6.07) is 1.98. The zero-order valence-electron chi connectivity index (χ0n) is 13.9. The van der Waals surface area contributed by atoms with Gasteiger partial charge in [0, 0.05) is 19.2 Å². The summed E-state index contributed by atoms with van der Waals surface area (Å²) in [7, 11) is 1.21. The molecular formula is C16H18F2N2O6. The minimum Gasteiger partial charge on any atom is -0.493 e. The van der Waals surface area contributed by atoms with Gasteiger partial charge in [-0.2, -0.15) is 8.78 Å². The summed E-state index contributed by atoms with van der Waals surface area (Å²) < 4.78 is 39.3. The van der Waals surface area contributed by atoms with Crippen LogP contribution < -0.4 is 14.8 Å². The van der Waals surface area contributed by atoms with Gasteiger partial charge in [-0.05, 0) is 25.0 Å². The first-order chi connectivity index (χ1) is 12.4. The van der Waals surface area contributed by atoms with Crippen LogP contribution >= 0.6 is 0 Å². The summed E-state index contributed by atoms with van der Waals surface area (Å²) in [5.41, 5.74) is -0.481. The summed E-state index contributed by atoms with van der Waals surface area (Å²) in [5.74, 6) is -1.04. The van der Waals surface area contributed by atoms with Crippen LogP contribution in [-0.2, 0) is 9.53 Å². The number of rotatable bonds is 8. The molecule has 0 bridgehead atoms. The van der Waals surface area contributed by atoms with E-state index >= 15 is 0 Å². The molecule has 1 amide bonds. The number of nitro benzene ring substituents is 1. The molecule has 26 heavy (non-hydrogen) atoms. The summed E-state index contributed by atoms with van der Waals surface area (Å²) in [6.45, 7) is -2.15. The summed E-state index contributed by atoms with van der Waals surface area (Å²) >= 11 is 0. The zero-order valence-corrected chi connectivity index (χ0v) is 13.9. The van der Waals surface area contributed by atoms with Gasteiger partial charge < -0.3 is 19.5 Å². The predicted octanol–water partition coefficient (Wildman–Crippen LogP) is 2.51. The number of nitro groups is 1. The normalized spacial score (nSPS) is 16.8. The average molecular weight is 372 g/mol. The lowest BCUT2D eigenvalue weighted by atomic mass is 10.1. The molecular weight excluding hydrogens is 354 g/mol. The van der Waals surface area contributed by atoms with Gasteiger partial charge >= 0.3 is 6.61 Å². The highest BCUT2D eigenvalue weighted by molar-refractivity contribution is 5.92. The second-order valence-electron chi connectivity index (χ2n) is 5.41. The molecule has 2 rings (SSSR count). The van der Waals surface area contributed by atoms with Gasteiger partial charge in [-0.3, -0.25) is 14.9 Å². The van der Waals surface area contributed by atoms with Crippen molar-refractivity contribution >= 4 is 17.7 Å². The van der Waals surface area contributed by atoms with Gasteiger partial charge in [0.1, 0.15) is 0 Å². The van der Waals surface area contributed by atoms with Crippen molar-refractivity contribution in [3.05, 3.63) is 33.9 Å². The van der Waals surface area contributed by atoms with Crippen LogP contribution in [0, 0.1) is 10.1 Å². The number of benzene rings is 1. The van der Waals surface area contributed by atoms with E-state index in [1.807, 2.05) is 0 Å². The van der Waals surface area contributed by atoms with Crippen molar-refractivity contribution < 1.29 is 32.7 Å².